The van der Waals surface area contributed by atoms with E-state index in [1.165, 1.54) is 0 Å². The van der Waals surface area contributed by atoms with E-state index in [9.17, 15) is 9.90 Å². The number of para-hydroxylation sites is 1. The molecule has 0 aliphatic heterocycles. The maximum atomic E-state index is 13.4. The Balaban J connectivity index is 1.67. The minimum Gasteiger partial charge on any atom is -0.508 e. The first kappa shape index (κ1) is 21.3. The van der Waals surface area contributed by atoms with Crippen molar-refractivity contribution in [2.75, 3.05) is 11.9 Å². The average molecular weight is 453 g/mol. The van der Waals surface area contributed by atoms with Crippen molar-refractivity contribution in [2.24, 2.45) is 0 Å². The zero-order valence-corrected chi connectivity index (χ0v) is 18.8. The Morgan fingerprint density at radius 3 is 2.58 bits per heavy atom. The Bertz CT molecular complexity index is 1290. The van der Waals surface area contributed by atoms with Crippen LogP contribution in [0.4, 0.5) is 5.69 Å². The van der Waals surface area contributed by atoms with Gasteiger partial charge in [-0.3, -0.25) is 9.36 Å². The van der Waals surface area contributed by atoms with Crippen molar-refractivity contribution in [1.82, 2.24) is 4.57 Å². The summed E-state index contributed by atoms with van der Waals surface area (Å²) in [7, 11) is 0. The van der Waals surface area contributed by atoms with E-state index in [-0.39, 0.29) is 16.7 Å². The highest BCUT2D eigenvalue weighted by Crippen LogP contribution is 2.31. The van der Waals surface area contributed by atoms with Gasteiger partial charge in [-0.2, -0.15) is 0 Å². The maximum Gasteiger partial charge on any atom is 0.264 e. The molecule has 2 N–H and O–H groups in total. The third-order valence-electron chi connectivity index (χ3n) is 5.53. The molecule has 0 saturated carbocycles. The standard InChI is InChI=1S/C25H22Cl2N2O2/c1-15-14-17(10-11-23(15)30)28-13-12-18-16(2)29(22-9-4-3-6-19(18)22)25(31)20-7-5-8-21(26)24(20)27/h3-11,14,28,30H,12-13H2,1-2H3. The second-order valence-electron chi connectivity index (χ2n) is 7.50. The number of benzene rings is 3. The molecule has 6 heteroatoms. The van der Waals surface area contributed by atoms with Crippen LogP contribution >= 0.6 is 23.2 Å². The van der Waals surface area contributed by atoms with Gasteiger partial charge in [0.15, 0.2) is 0 Å². The highest BCUT2D eigenvalue weighted by molar-refractivity contribution is 6.44. The number of rotatable bonds is 5. The monoisotopic (exact) mass is 452 g/mol. The Labute approximate surface area is 191 Å². The molecule has 158 valence electrons. The number of hydrogen-bond acceptors (Lipinski definition) is 3. The van der Waals surface area contributed by atoms with E-state index in [0.717, 1.165) is 39.8 Å². The van der Waals surface area contributed by atoms with Crippen LogP contribution in [0, 0.1) is 13.8 Å². The Kier molecular flexibility index (Phi) is 5.94. The van der Waals surface area contributed by atoms with E-state index in [1.807, 2.05) is 50.2 Å². The molecule has 0 radical (unpaired) electrons. The van der Waals surface area contributed by atoms with Crippen LogP contribution in [0.1, 0.15) is 27.2 Å². The Hall–Kier alpha value is -2.95. The van der Waals surface area contributed by atoms with Gasteiger partial charge in [0, 0.05) is 23.3 Å². The number of aryl methyl sites for hydroxylation is 1. The van der Waals surface area contributed by atoms with Crippen molar-refractivity contribution < 1.29 is 9.90 Å². The molecule has 3 aromatic carbocycles. The number of aromatic hydroxyl groups is 1. The summed E-state index contributed by atoms with van der Waals surface area (Å²) in [6.07, 6.45) is 0.732. The molecular weight excluding hydrogens is 431 g/mol. The lowest BCUT2D eigenvalue weighted by atomic mass is 10.1. The molecule has 0 atom stereocenters. The normalized spacial score (nSPS) is 11.1. The summed E-state index contributed by atoms with van der Waals surface area (Å²) < 4.78 is 1.72. The predicted octanol–water partition coefficient (Wildman–Crippen LogP) is 6.61. The van der Waals surface area contributed by atoms with Crippen molar-refractivity contribution in [3.63, 3.8) is 0 Å². The summed E-state index contributed by atoms with van der Waals surface area (Å²) in [5.41, 5.74) is 4.97. The lowest BCUT2D eigenvalue weighted by molar-refractivity contribution is 0.0963. The van der Waals surface area contributed by atoms with Gasteiger partial charge in [-0.15, -0.1) is 0 Å². The minimum atomic E-state index is -0.199. The average Bonchev–Trinajstić information content (AvgIpc) is 3.04. The number of phenols is 1. The first-order chi connectivity index (χ1) is 14.9. The van der Waals surface area contributed by atoms with Crippen LogP contribution in [0.3, 0.4) is 0 Å². The van der Waals surface area contributed by atoms with Gasteiger partial charge in [-0.1, -0.05) is 47.5 Å². The van der Waals surface area contributed by atoms with Gasteiger partial charge in [0.05, 0.1) is 21.1 Å². The summed E-state index contributed by atoms with van der Waals surface area (Å²) >= 11 is 12.5. The molecule has 1 heterocycles. The largest absolute Gasteiger partial charge is 0.508 e. The van der Waals surface area contributed by atoms with Crippen LogP contribution < -0.4 is 5.32 Å². The summed E-state index contributed by atoms with van der Waals surface area (Å²) in [5.74, 6) is 0.0808. The summed E-state index contributed by atoms with van der Waals surface area (Å²) in [4.78, 5) is 13.4. The number of nitrogens with zero attached hydrogens (tertiary/aromatic N) is 1. The number of anilines is 1. The number of phenolic OH excluding ortho intramolecular Hbond substituents is 1. The highest BCUT2D eigenvalue weighted by atomic mass is 35.5. The van der Waals surface area contributed by atoms with Gasteiger partial charge >= 0.3 is 0 Å². The molecule has 1 aromatic heterocycles. The van der Waals surface area contributed by atoms with Crippen LogP contribution in [-0.4, -0.2) is 22.1 Å². The van der Waals surface area contributed by atoms with Crippen molar-refractivity contribution in [2.45, 2.75) is 20.3 Å². The molecule has 0 fully saturated rings. The van der Waals surface area contributed by atoms with Crippen molar-refractivity contribution >= 4 is 45.7 Å². The molecule has 0 spiro atoms. The first-order valence-corrected chi connectivity index (χ1v) is 10.7. The lowest BCUT2D eigenvalue weighted by Crippen LogP contribution is -2.15. The van der Waals surface area contributed by atoms with Crippen molar-refractivity contribution in [3.8, 4) is 5.75 Å². The van der Waals surface area contributed by atoms with Gasteiger partial charge in [-0.25, -0.2) is 0 Å². The van der Waals surface area contributed by atoms with E-state index in [4.69, 9.17) is 23.2 Å². The topological polar surface area (TPSA) is 54.3 Å². The molecule has 4 aromatic rings. The van der Waals surface area contributed by atoms with E-state index in [1.54, 1.807) is 28.8 Å². The zero-order valence-electron chi connectivity index (χ0n) is 17.2. The van der Waals surface area contributed by atoms with Gasteiger partial charge in [0.1, 0.15) is 5.75 Å². The van der Waals surface area contributed by atoms with Gasteiger partial charge in [0.2, 0.25) is 0 Å². The summed E-state index contributed by atoms with van der Waals surface area (Å²) in [5, 5.41) is 14.8. The predicted molar refractivity (Wildman–Crippen MR) is 128 cm³/mol. The number of carbonyl (C=O) groups excluding carboxylic acids is 1. The smallest absolute Gasteiger partial charge is 0.264 e. The fourth-order valence-electron chi connectivity index (χ4n) is 3.90. The van der Waals surface area contributed by atoms with Crippen LogP contribution in [0.15, 0.2) is 60.7 Å². The first-order valence-electron chi connectivity index (χ1n) is 9.99. The lowest BCUT2D eigenvalue weighted by Gasteiger charge is -2.11. The number of hydrogen-bond donors (Lipinski definition) is 2. The molecular formula is C25H22Cl2N2O2. The molecule has 4 rings (SSSR count). The fraction of sp³-hybridized carbons (Fsp3) is 0.160. The van der Waals surface area contributed by atoms with Crippen LogP contribution in [0.5, 0.6) is 5.75 Å². The summed E-state index contributed by atoms with van der Waals surface area (Å²) in [6.45, 7) is 4.51. The highest BCUT2D eigenvalue weighted by Gasteiger charge is 2.21. The van der Waals surface area contributed by atoms with Gasteiger partial charge < -0.3 is 10.4 Å². The molecule has 0 bridgehead atoms. The number of nitrogens with one attached hydrogen (secondary N) is 1. The molecule has 4 nitrogen and oxygen atoms in total. The number of halogens is 2. The molecule has 0 aliphatic rings. The van der Waals surface area contributed by atoms with E-state index in [0.29, 0.717) is 17.1 Å². The number of aromatic nitrogens is 1. The Morgan fingerprint density at radius 2 is 1.81 bits per heavy atom. The zero-order chi connectivity index (χ0) is 22.1. The molecule has 0 amide bonds. The maximum absolute atomic E-state index is 13.4. The molecule has 0 aliphatic carbocycles. The van der Waals surface area contributed by atoms with Gasteiger partial charge in [0.25, 0.3) is 5.91 Å². The molecule has 0 saturated heterocycles. The van der Waals surface area contributed by atoms with Crippen LogP contribution in [0.25, 0.3) is 10.9 Å². The fourth-order valence-corrected chi connectivity index (χ4v) is 4.28. The van der Waals surface area contributed by atoms with Crippen molar-refractivity contribution in [1.29, 1.82) is 0 Å². The Morgan fingerprint density at radius 1 is 1.03 bits per heavy atom. The van der Waals surface area contributed by atoms with Crippen LogP contribution in [0.2, 0.25) is 10.0 Å². The van der Waals surface area contributed by atoms with E-state index >= 15 is 0 Å². The second-order valence-corrected chi connectivity index (χ2v) is 8.29. The molecule has 0 unspecified atom stereocenters. The third-order valence-corrected chi connectivity index (χ3v) is 6.35. The van der Waals surface area contributed by atoms with E-state index < -0.39 is 0 Å². The van der Waals surface area contributed by atoms with Crippen molar-refractivity contribution in [3.05, 3.63) is 93.1 Å². The quantitative estimate of drug-likeness (QED) is 0.334. The number of carbonyl (C=O) groups is 1. The SMILES string of the molecule is Cc1cc(NCCc2c(C)n(C(=O)c3cccc(Cl)c3Cl)c3ccccc23)ccc1O. The minimum absolute atomic E-state index is 0.199. The van der Waals surface area contributed by atoms with E-state index in [2.05, 4.69) is 5.32 Å². The third kappa shape index (κ3) is 4.01. The van der Waals surface area contributed by atoms with Gasteiger partial charge in [-0.05, 0) is 67.8 Å². The molecule has 31 heavy (non-hydrogen) atoms. The summed E-state index contributed by atoms with van der Waals surface area (Å²) in [6, 6.07) is 18.4. The number of fused-ring (bicyclic) bond motifs is 1. The van der Waals surface area contributed by atoms with Crippen LogP contribution in [-0.2, 0) is 6.42 Å². The second kappa shape index (κ2) is 8.66.